The van der Waals surface area contributed by atoms with Gasteiger partial charge in [-0.2, -0.15) is 0 Å². The zero-order chi connectivity index (χ0) is 29.7. The van der Waals surface area contributed by atoms with Crippen LogP contribution in [0.2, 0.25) is 0 Å². The molecule has 2 saturated carbocycles. The Morgan fingerprint density at radius 3 is 1.45 bits per heavy atom. The molecule has 0 aromatic heterocycles. The van der Waals surface area contributed by atoms with Crippen molar-refractivity contribution in [3.05, 3.63) is 0 Å². The smallest absolute Gasteiger partial charge is 0.243 e. The van der Waals surface area contributed by atoms with Crippen LogP contribution in [0.1, 0.15) is 64.2 Å². The van der Waals surface area contributed by atoms with Gasteiger partial charge >= 0.3 is 0 Å². The van der Waals surface area contributed by atoms with Crippen molar-refractivity contribution in [3.63, 3.8) is 0 Å². The highest BCUT2D eigenvalue weighted by Gasteiger charge is 2.31. The highest BCUT2D eigenvalue weighted by atomic mass is 35.5. The minimum absolute atomic E-state index is 0. The van der Waals surface area contributed by atoms with Crippen molar-refractivity contribution in [1.82, 2.24) is 16.0 Å². The van der Waals surface area contributed by atoms with Crippen LogP contribution in [-0.4, -0.2) is 75.4 Å². The van der Waals surface area contributed by atoms with Crippen LogP contribution in [0.5, 0.6) is 0 Å². The molecule has 222 valence electrons. The molecule has 3 aliphatic rings. The Balaban J connectivity index is 0.000000735. The van der Waals surface area contributed by atoms with Gasteiger partial charge in [0.2, 0.25) is 34.1 Å². The quantitative estimate of drug-likeness (QED) is 0.159. The largest absolute Gasteiger partial charge is 0.346 e. The maximum Gasteiger partial charge on any atom is 0.243 e. The molecular weight excluding hydrogens is 599 g/mol. The van der Waals surface area contributed by atoms with Crippen LogP contribution in [0.15, 0.2) is 0 Å². The number of carbonyl (C=O) groups excluding carboxylic acids is 10. The first kappa shape index (κ1) is 36.9. The number of ketones is 4. The number of hydrogen-bond donors (Lipinski definition) is 4. The molecule has 0 radical (unpaired) electrons. The molecule has 3 fully saturated rings. The molecule has 1 heterocycles. The van der Waals surface area contributed by atoms with Gasteiger partial charge in [0.1, 0.15) is 18.0 Å². The number of halogens is 3. The summed E-state index contributed by atoms with van der Waals surface area (Å²) in [6.45, 7) is 0. The van der Waals surface area contributed by atoms with E-state index in [1.54, 1.807) is 0 Å². The molecule has 17 heteroatoms. The van der Waals surface area contributed by atoms with Crippen molar-refractivity contribution in [1.29, 1.82) is 0 Å². The fourth-order valence-corrected chi connectivity index (χ4v) is 3.82. The number of Topliss-reactive ketones (excluding diaryl/α,β-unsaturated/α-hetero) is 4. The predicted molar refractivity (Wildman–Crippen MR) is 140 cm³/mol. The minimum atomic E-state index is -0.734. The summed E-state index contributed by atoms with van der Waals surface area (Å²) in [4.78, 5) is 109. The van der Waals surface area contributed by atoms with Crippen LogP contribution >= 0.6 is 35.6 Å². The molecular formula is C23H29Cl3N4O10. The number of hydrogen-bond acceptors (Lipinski definition) is 11. The molecule has 14 nitrogen and oxygen atoms in total. The average molecular weight is 628 g/mol. The number of carbonyl (C=O) groups is 10. The third kappa shape index (κ3) is 14.9. The first-order valence-electron chi connectivity index (χ1n) is 11.8. The number of nitrogens with one attached hydrogen (secondary N) is 3. The number of amides is 4. The summed E-state index contributed by atoms with van der Waals surface area (Å²) < 4.78 is 0. The van der Waals surface area contributed by atoms with E-state index in [-0.39, 0.29) is 92.3 Å². The highest BCUT2D eigenvalue weighted by Crippen LogP contribution is 2.13. The van der Waals surface area contributed by atoms with E-state index in [4.69, 9.17) is 28.9 Å². The summed E-state index contributed by atoms with van der Waals surface area (Å²) >= 11 is 9.46. The second-order valence-electron chi connectivity index (χ2n) is 8.80. The Hall–Kier alpha value is -3.07. The zero-order valence-corrected chi connectivity index (χ0v) is 23.5. The van der Waals surface area contributed by atoms with E-state index in [1.165, 1.54) is 0 Å². The third-order valence-electron chi connectivity index (χ3n) is 5.50. The fourth-order valence-electron chi connectivity index (χ4n) is 3.51. The molecule has 3 atom stereocenters. The van der Waals surface area contributed by atoms with Crippen LogP contribution in [0.25, 0.3) is 0 Å². The van der Waals surface area contributed by atoms with Crippen LogP contribution in [0.3, 0.4) is 0 Å². The van der Waals surface area contributed by atoms with Gasteiger partial charge in [-0.05, 0) is 42.5 Å². The molecule has 4 amide bonds. The molecule has 40 heavy (non-hydrogen) atoms. The van der Waals surface area contributed by atoms with Crippen LogP contribution in [-0.2, 0) is 47.9 Å². The van der Waals surface area contributed by atoms with Gasteiger partial charge in [-0.3, -0.25) is 53.3 Å². The molecule has 1 saturated heterocycles. The van der Waals surface area contributed by atoms with Gasteiger partial charge in [0, 0.05) is 19.3 Å². The minimum Gasteiger partial charge on any atom is -0.346 e. The SMILES string of the molecule is Cl.NC1CCC(=O)NC1=O.O=C(Cl)CC(=O)Cl.O=C1CCC(NC(=O)CC(=O)NC2CCC(=O)CC2=O)C(=O)C1. The van der Waals surface area contributed by atoms with Gasteiger partial charge in [-0.15, -0.1) is 12.4 Å². The summed E-state index contributed by atoms with van der Waals surface area (Å²) in [5.41, 5.74) is 5.28. The van der Waals surface area contributed by atoms with Gasteiger partial charge < -0.3 is 16.4 Å². The second-order valence-corrected chi connectivity index (χ2v) is 9.65. The molecule has 3 rings (SSSR count). The van der Waals surface area contributed by atoms with Crippen molar-refractivity contribution >= 4 is 92.9 Å². The first-order chi connectivity index (χ1) is 18.2. The van der Waals surface area contributed by atoms with Gasteiger partial charge in [-0.1, -0.05) is 0 Å². The van der Waals surface area contributed by atoms with Gasteiger partial charge in [0.15, 0.2) is 11.6 Å². The zero-order valence-electron chi connectivity index (χ0n) is 21.1. The summed E-state index contributed by atoms with van der Waals surface area (Å²) in [5.74, 6) is -2.84. The van der Waals surface area contributed by atoms with E-state index >= 15 is 0 Å². The van der Waals surface area contributed by atoms with E-state index in [1.807, 2.05) is 0 Å². The predicted octanol–water partition coefficient (Wildman–Crippen LogP) is -0.930. The lowest BCUT2D eigenvalue weighted by molar-refractivity contribution is -0.137. The molecule has 5 N–H and O–H groups in total. The van der Waals surface area contributed by atoms with E-state index in [9.17, 15) is 47.9 Å². The summed E-state index contributed by atoms with van der Waals surface area (Å²) in [5, 5.41) is 5.55. The van der Waals surface area contributed by atoms with Crippen LogP contribution in [0, 0.1) is 0 Å². The lowest BCUT2D eigenvalue weighted by Gasteiger charge is -2.22. The third-order valence-corrected chi connectivity index (χ3v) is 5.76. The normalized spacial score (nSPS) is 22.2. The summed E-state index contributed by atoms with van der Waals surface area (Å²) in [7, 11) is 0. The van der Waals surface area contributed by atoms with Crippen molar-refractivity contribution in [2.45, 2.75) is 82.3 Å². The Bertz CT molecular complexity index is 1000. The monoisotopic (exact) mass is 626 g/mol. The molecule has 3 unspecified atom stereocenters. The summed E-state index contributed by atoms with van der Waals surface area (Å²) in [6, 6.07) is -1.95. The maximum absolute atomic E-state index is 11.8. The van der Waals surface area contributed by atoms with Gasteiger partial charge in [-0.25, -0.2) is 0 Å². The van der Waals surface area contributed by atoms with Gasteiger partial charge in [0.25, 0.3) is 0 Å². The van der Waals surface area contributed by atoms with Crippen LogP contribution in [0.4, 0.5) is 0 Å². The number of nitrogens with two attached hydrogens (primary N) is 1. The lowest BCUT2D eigenvalue weighted by Crippen LogP contribution is -2.48. The molecule has 0 aromatic rings. The molecule has 0 aromatic carbocycles. The Morgan fingerprint density at radius 1 is 0.725 bits per heavy atom. The Kier molecular flexibility index (Phi) is 16.9. The van der Waals surface area contributed by atoms with Crippen molar-refractivity contribution in [2.24, 2.45) is 5.73 Å². The molecule has 0 bridgehead atoms. The Labute approximate surface area is 244 Å². The van der Waals surface area contributed by atoms with Crippen molar-refractivity contribution in [2.75, 3.05) is 0 Å². The fraction of sp³-hybridized carbons (Fsp3) is 0.565. The highest BCUT2D eigenvalue weighted by molar-refractivity contribution is 6.72. The maximum atomic E-state index is 11.8. The molecule has 1 aliphatic heterocycles. The molecule has 0 spiro atoms. The van der Waals surface area contributed by atoms with E-state index in [2.05, 4.69) is 16.0 Å². The standard InChI is InChI=1S/C15H18N2O6.C5H8N2O2.C3H2Cl2O2.ClH/c18-8-1-3-10(12(20)5-8)16-14(22)7-15(23)17-11-4-2-9(19)6-13(11)21;6-3-1-2-4(8)7-5(3)9;4-2(6)1-3(5)7;/h10-11H,1-7H2,(H,16,22)(H,17,23);3H,1-2,6H2,(H,7,8,9);1H2;1H. The lowest BCUT2D eigenvalue weighted by atomic mass is 9.92. The Morgan fingerprint density at radius 2 is 1.15 bits per heavy atom. The second kappa shape index (κ2) is 18.3. The average Bonchev–Trinajstić information content (AvgIpc) is 2.80. The number of imide groups is 1. The van der Waals surface area contributed by atoms with Gasteiger partial charge in [0.05, 0.1) is 37.4 Å². The first-order valence-corrected chi connectivity index (χ1v) is 12.6. The van der Waals surface area contributed by atoms with E-state index in [0.29, 0.717) is 12.8 Å². The summed E-state index contributed by atoms with van der Waals surface area (Å²) in [6.07, 6.45) is 0.517. The van der Waals surface area contributed by atoms with E-state index in [0.717, 1.165) is 0 Å². The van der Waals surface area contributed by atoms with Crippen molar-refractivity contribution < 1.29 is 47.9 Å². The topological polar surface area (TPSA) is 233 Å². The van der Waals surface area contributed by atoms with E-state index < -0.39 is 46.8 Å². The molecule has 2 aliphatic carbocycles. The number of rotatable bonds is 6. The number of piperidine rings is 1. The van der Waals surface area contributed by atoms with Crippen LogP contribution < -0.4 is 21.7 Å². The van der Waals surface area contributed by atoms with Crippen molar-refractivity contribution in [3.8, 4) is 0 Å².